The van der Waals surface area contributed by atoms with Crippen molar-refractivity contribution in [1.82, 2.24) is 24.4 Å². The molecule has 0 bridgehead atoms. The number of para-hydroxylation sites is 1. The Labute approximate surface area is 234 Å². The molecule has 0 N–H and O–H groups in total. The van der Waals surface area contributed by atoms with E-state index >= 15 is 0 Å². The Bertz CT molecular complexity index is 1860. The normalized spacial score (nSPS) is 11.8. The minimum absolute atomic E-state index is 0.216. The average Bonchev–Trinajstić information content (AvgIpc) is 3.68. The zero-order chi connectivity index (χ0) is 27.5. The maximum absolute atomic E-state index is 13.4. The van der Waals surface area contributed by atoms with E-state index in [1.807, 2.05) is 103 Å². The molecule has 3 aromatic heterocycles. The van der Waals surface area contributed by atoms with Gasteiger partial charge in [0, 0.05) is 22.9 Å². The van der Waals surface area contributed by atoms with Gasteiger partial charge in [-0.15, -0.1) is 5.10 Å². The highest BCUT2D eigenvalue weighted by Gasteiger charge is 2.15. The molecule has 0 saturated heterocycles. The number of thiazole rings is 1. The van der Waals surface area contributed by atoms with E-state index in [9.17, 15) is 4.79 Å². The van der Waals surface area contributed by atoms with E-state index in [1.165, 1.54) is 15.9 Å². The molecule has 0 radical (unpaired) electrons. The summed E-state index contributed by atoms with van der Waals surface area (Å²) in [5.74, 6) is 2.10. The van der Waals surface area contributed by atoms with Crippen LogP contribution in [0.15, 0.2) is 89.9 Å². The Hall–Kier alpha value is -4.76. The summed E-state index contributed by atoms with van der Waals surface area (Å²) in [6.45, 7) is 5.29. The minimum atomic E-state index is -0.216. The third-order valence-corrected chi connectivity index (χ3v) is 7.22. The number of nitrogens with zero attached hydrogens (tertiary/aromatic N) is 5. The fourth-order valence-electron chi connectivity index (χ4n) is 4.32. The molecule has 200 valence electrons. The van der Waals surface area contributed by atoms with Crippen molar-refractivity contribution in [1.29, 1.82) is 0 Å². The van der Waals surface area contributed by atoms with Crippen LogP contribution < -0.4 is 19.6 Å². The van der Waals surface area contributed by atoms with Gasteiger partial charge in [0.15, 0.2) is 5.82 Å². The monoisotopic (exact) mass is 549 g/mol. The summed E-state index contributed by atoms with van der Waals surface area (Å²) in [5.41, 5.74) is 4.03. The van der Waals surface area contributed by atoms with Gasteiger partial charge in [-0.2, -0.15) is 14.6 Å². The summed E-state index contributed by atoms with van der Waals surface area (Å²) in [6.07, 6.45) is 4.74. The van der Waals surface area contributed by atoms with E-state index in [0.29, 0.717) is 28.5 Å². The van der Waals surface area contributed by atoms with Crippen LogP contribution in [-0.2, 0) is 0 Å². The molecule has 40 heavy (non-hydrogen) atoms. The first-order chi connectivity index (χ1) is 19.6. The molecular weight excluding hydrogens is 522 g/mol. The molecular formula is C31H27N5O3S. The SMILES string of the molecule is CCCOc1ccc(-c2nc3s/c(=C\c4cn(-c5ccccc5)nc4-c4ccc(OCC)cc4)c(=O)n3n2)cc1. The van der Waals surface area contributed by atoms with Gasteiger partial charge in [0.25, 0.3) is 5.56 Å². The van der Waals surface area contributed by atoms with Gasteiger partial charge in [-0.1, -0.05) is 36.5 Å². The van der Waals surface area contributed by atoms with Gasteiger partial charge in [0.1, 0.15) is 17.2 Å². The lowest BCUT2D eigenvalue weighted by Crippen LogP contribution is -2.23. The van der Waals surface area contributed by atoms with Crippen molar-refractivity contribution in [2.45, 2.75) is 20.3 Å². The van der Waals surface area contributed by atoms with E-state index in [-0.39, 0.29) is 5.56 Å². The molecule has 0 saturated carbocycles. The molecule has 0 amide bonds. The van der Waals surface area contributed by atoms with Gasteiger partial charge in [-0.3, -0.25) is 4.79 Å². The Balaban J connectivity index is 1.39. The quantitative estimate of drug-likeness (QED) is 0.240. The van der Waals surface area contributed by atoms with Gasteiger partial charge < -0.3 is 9.47 Å². The number of aromatic nitrogens is 5. The molecule has 6 aromatic rings. The highest BCUT2D eigenvalue weighted by atomic mass is 32.1. The second-order valence-corrected chi connectivity index (χ2v) is 10.1. The van der Waals surface area contributed by atoms with Gasteiger partial charge in [0.05, 0.1) is 23.4 Å². The summed E-state index contributed by atoms with van der Waals surface area (Å²) in [5, 5.41) is 9.38. The van der Waals surface area contributed by atoms with Crippen LogP contribution in [0.4, 0.5) is 0 Å². The lowest BCUT2D eigenvalue weighted by molar-refractivity contribution is 0.317. The second-order valence-electron chi connectivity index (χ2n) is 9.09. The van der Waals surface area contributed by atoms with Crippen molar-refractivity contribution < 1.29 is 9.47 Å². The lowest BCUT2D eigenvalue weighted by atomic mass is 10.1. The number of fused-ring (bicyclic) bond motifs is 1. The van der Waals surface area contributed by atoms with Crippen LogP contribution >= 0.6 is 11.3 Å². The van der Waals surface area contributed by atoms with Crippen LogP contribution in [0.2, 0.25) is 0 Å². The van der Waals surface area contributed by atoms with Crippen LogP contribution in [-0.4, -0.2) is 37.6 Å². The van der Waals surface area contributed by atoms with Crippen molar-refractivity contribution in [2.24, 2.45) is 0 Å². The summed E-state index contributed by atoms with van der Waals surface area (Å²) in [6, 6.07) is 25.3. The second kappa shape index (κ2) is 11.2. The Morgan fingerprint density at radius 1 is 0.850 bits per heavy atom. The predicted molar refractivity (Wildman–Crippen MR) is 157 cm³/mol. The van der Waals surface area contributed by atoms with Crippen molar-refractivity contribution >= 4 is 22.4 Å². The molecule has 8 nitrogen and oxygen atoms in total. The fraction of sp³-hybridized carbons (Fsp3) is 0.161. The first-order valence-electron chi connectivity index (χ1n) is 13.2. The maximum Gasteiger partial charge on any atom is 0.291 e. The third-order valence-electron chi connectivity index (χ3n) is 6.26. The Morgan fingerprint density at radius 2 is 1.55 bits per heavy atom. The molecule has 0 aliphatic heterocycles. The van der Waals surface area contributed by atoms with E-state index < -0.39 is 0 Å². The average molecular weight is 550 g/mol. The van der Waals surface area contributed by atoms with Gasteiger partial charge in [-0.05, 0) is 80.1 Å². The zero-order valence-corrected chi connectivity index (χ0v) is 23.0. The van der Waals surface area contributed by atoms with Crippen LogP contribution in [0.5, 0.6) is 11.5 Å². The summed E-state index contributed by atoms with van der Waals surface area (Å²) >= 11 is 1.31. The largest absolute Gasteiger partial charge is 0.494 e. The third kappa shape index (κ3) is 5.11. The first-order valence-corrected chi connectivity index (χ1v) is 14.0. The predicted octanol–water partition coefficient (Wildman–Crippen LogP) is 5.41. The fourth-order valence-corrected chi connectivity index (χ4v) is 5.22. The number of benzene rings is 3. The number of hydrogen-bond acceptors (Lipinski definition) is 7. The highest BCUT2D eigenvalue weighted by Crippen LogP contribution is 2.27. The molecule has 0 spiro atoms. The van der Waals surface area contributed by atoms with Crippen LogP contribution in [0.25, 0.3) is 39.4 Å². The Morgan fingerprint density at radius 3 is 2.23 bits per heavy atom. The van der Waals surface area contributed by atoms with Crippen molar-refractivity contribution in [3.63, 3.8) is 0 Å². The van der Waals surface area contributed by atoms with E-state index in [1.54, 1.807) is 0 Å². The topological polar surface area (TPSA) is 83.5 Å². The van der Waals surface area contributed by atoms with Gasteiger partial charge in [-0.25, -0.2) is 4.68 Å². The lowest BCUT2D eigenvalue weighted by Gasteiger charge is -2.04. The van der Waals surface area contributed by atoms with Gasteiger partial charge >= 0.3 is 0 Å². The number of rotatable bonds is 9. The summed E-state index contributed by atoms with van der Waals surface area (Å²) in [4.78, 5) is 18.5. The van der Waals surface area contributed by atoms with E-state index in [0.717, 1.165) is 46.0 Å². The molecule has 3 aromatic carbocycles. The molecule has 0 unspecified atom stereocenters. The molecule has 0 fully saturated rings. The standard InChI is InChI=1S/C31H27N5O3S/c1-3-18-39-26-16-12-22(13-17-26)29-32-31-36(34-29)30(37)27(40-31)19-23-20-35(24-8-6-5-7-9-24)33-28(23)21-10-14-25(15-11-21)38-4-2/h5-17,19-20H,3-4,18H2,1-2H3/b27-19-. The molecule has 3 heterocycles. The van der Waals surface area contributed by atoms with Gasteiger partial charge in [0.2, 0.25) is 4.96 Å². The number of ether oxygens (including phenoxy) is 2. The van der Waals surface area contributed by atoms with Crippen LogP contribution in [0.3, 0.4) is 0 Å². The summed E-state index contributed by atoms with van der Waals surface area (Å²) < 4.78 is 15.0. The molecule has 0 atom stereocenters. The summed E-state index contributed by atoms with van der Waals surface area (Å²) in [7, 11) is 0. The highest BCUT2D eigenvalue weighted by molar-refractivity contribution is 7.15. The Kier molecular flexibility index (Phi) is 7.11. The maximum atomic E-state index is 13.4. The molecule has 0 aliphatic carbocycles. The van der Waals surface area contributed by atoms with Crippen molar-refractivity contribution in [3.05, 3.63) is 106 Å². The van der Waals surface area contributed by atoms with E-state index in [4.69, 9.17) is 14.6 Å². The van der Waals surface area contributed by atoms with Crippen molar-refractivity contribution in [3.8, 4) is 39.8 Å². The smallest absolute Gasteiger partial charge is 0.291 e. The number of hydrogen-bond donors (Lipinski definition) is 0. The van der Waals surface area contributed by atoms with Crippen LogP contribution in [0, 0.1) is 0 Å². The molecule has 0 aliphatic rings. The zero-order valence-electron chi connectivity index (χ0n) is 22.2. The van der Waals surface area contributed by atoms with E-state index in [2.05, 4.69) is 17.0 Å². The molecule has 6 rings (SSSR count). The van der Waals surface area contributed by atoms with Crippen LogP contribution in [0.1, 0.15) is 25.8 Å². The first kappa shape index (κ1) is 25.5. The minimum Gasteiger partial charge on any atom is -0.494 e. The molecule has 9 heteroatoms. The van der Waals surface area contributed by atoms with Crippen molar-refractivity contribution in [2.75, 3.05) is 13.2 Å².